The number of carbonyl (C=O) groups is 1. The number of carbonyl (C=O) groups excluding carboxylic acids is 1. The zero-order valence-electron chi connectivity index (χ0n) is 6.63. The lowest BCUT2D eigenvalue weighted by Gasteiger charge is -2.20. The summed E-state index contributed by atoms with van der Waals surface area (Å²) in [5.74, 6) is -0.174. The third-order valence-electron chi connectivity index (χ3n) is 2.47. The van der Waals surface area contributed by atoms with E-state index in [4.69, 9.17) is 9.47 Å². The minimum Gasteiger partial charge on any atom is -0.464 e. The number of ether oxygens (including phenoxy) is 2. The van der Waals surface area contributed by atoms with Gasteiger partial charge in [-0.3, -0.25) is 0 Å². The van der Waals surface area contributed by atoms with Crippen molar-refractivity contribution in [1.29, 1.82) is 0 Å². The Morgan fingerprint density at radius 3 is 2.82 bits per heavy atom. The summed E-state index contributed by atoms with van der Waals surface area (Å²) in [6, 6.07) is 0. The molecular formula is C8H12O3. The van der Waals surface area contributed by atoms with Crippen molar-refractivity contribution in [2.75, 3.05) is 6.61 Å². The molecule has 0 aromatic rings. The van der Waals surface area contributed by atoms with Gasteiger partial charge in [0.05, 0.1) is 6.61 Å². The fourth-order valence-corrected chi connectivity index (χ4v) is 1.59. The summed E-state index contributed by atoms with van der Waals surface area (Å²) in [4.78, 5) is 11.1. The van der Waals surface area contributed by atoms with Gasteiger partial charge in [0.1, 0.15) is 5.60 Å². The minimum absolute atomic E-state index is 0.0632. The van der Waals surface area contributed by atoms with E-state index in [1.54, 1.807) is 0 Å². The molecule has 0 bridgehead atoms. The van der Waals surface area contributed by atoms with Crippen LogP contribution < -0.4 is 0 Å². The number of hydrogen-bond donors (Lipinski definition) is 0. The van der Waals surface area contributed by atoms with Crippen LogP contribution in [0.3, 0.4) is 0 Å². The van der Waals surface area contributed by atoms with Gasteiger partial charge in [-0.05, 0) is 26.2 Å². The van der Waals surface area contributed by atoms with Crippen LogP contribution in [0.4, 0.5) is 0 Å². The van der Waals surface area contributed by atoms with Gasteiger partial charge in [-0.2, -0.15) is 0 Å². The van der Waals surface area contributed by atoms with Gasteiger partial charge in [-0.1, -0.05) is 0 Å². The lowest BCUT2D eigenvalue weighted by atomic mass is 9.82. The first-order chi connectivity index (χ1) is 5.28. The molecule has 1 saturated carbocycles. The molecule has 2 rings (SSSR count). The summed E-state index contributed by atoms with van der Waals surface area (Å²) in [7, 11) is 0. The van der Waals surface area contributed by atoms with Crippen LogP contribution in [0, 0.1) is 0 Å². The van der Waals surface area contributed by atoms with E-state index in [2.05, 4.69) is 0 Å². The largest absolute Gasteiger partial charge is 0.464 e. The first-order valence-corrected chi connectivity index (χ1v) is 4.13. The van der Waals surface area contributed by atoms with E-state index in [9.17, 15) is 4.79 Å². The van der Waals surface area contributed by atoms with Gasteiger partial charge in [0.15, 0.2) is 6.10 Å². The molecule has 11 heavy (non-hydrogen) atoms. The maximum atomic E-state index is 11.1. The molecule has 0 aromatic heterocycles. The quantitative estimate of drug-likeness (QED) is 0.440. The summed E-state index contributed by atoms with van der Waals surface area (Å²) in [6.07, 6.45) is 3.04. The van der Waals surface area contributed by atoms with E-state index in [1.165, 1.54) is 6.42 Å². The number of epoxide rings is 1. The van der Waals surface area contributed by atoms with Gasteiger partial charge < -0.3 is 9.47 Å². The highest BCUT2D eigenvalue weighted by atomic mass is 16.7. The molecule has 1 atom stereocenters. The lowest BCUT2D eigenvalue weighted by Crippen LogP contribution is -2.29. The predicted octanol–water partition coefficient (Wildman–Crippen LogP) is 0.871. The molecule has 62 valence electrons. The van der Waals surface area contributed by atoms with Gasteiger partial charge in [-0.25, -0.2) is 4.79 Å². The third kappa shape index (κ3) is 0.948. The van der Waals surface area contributed by atoms with E-state index >= 15 is 0 Å². The molecule has 1 aliphatic heterocycles. The molecular weight excluding hydrogens is 144 g/mol. The van der Waals surface area contributed by atoms with Crippen molar-refractivity contribution in [2.45, 2.75) is 37.9 Å². The average Bonchev–Trinajstić information content (AvgIpc) is 2.60. The molecule has 0 N–H and O–H groups in total. The zero-order chi connectivity index (χ0) is 7.90. The van der Waals surface area contributed by atoms with Crippen LogP contribution >= 0.6 is 0 Å². The first-order valence-electron chi connectivity index (χ1n) is 4.13. The van der Waals surface area contributed by atoms with Crippen LogP contribution in [0.25, 0.3) is 0 Å². The Morgan fingerprint density at radius 1 is 1.73 bits per heavy atom. The van der Waals surface area contributed by atoms with Gasteiger partial charge in [0.2, 0.25) is 0 Å². The second kappa shape index (κ2) is 2.21. The summed E-state index contributed by atoms with van der Waals surface area (Å²) in [6.45, 7) is 2.27. The molecule has 3 nitrogen and oxygen atoms in total. The van der Waals surface area contributed by atoms with Crippen molar-refractivity contribution < 1.29 is 14.3 Å². The predicted molar refractivity (Wildman–Crippen MR) is 38.1 cm³/mol. The Morgan fingerprint density at radius 2 is 2.45 bits per heavy atom. The topological polar surface area (TPSA) is 38.8 Å². The molecule has 1 unspecified atom stereocenters. The standard InChI is InChI=1S/C8H12O3/c1-2-10-7(9)6-8(11-6)4-3-5-8/h6H,2-5H2,1H3. The molecule has 1 heterocycles. The Hall–Kier alpha value is -0.570. The van der Waals surface area contributed by atoms with E-state index in [-0.39, 0.29) is 17.7 Å². The maximum absolute atomic E-state index is 11.1. The SMILES string of the molecule is CCOC(=O)C1OC12CCC2. The van der Waals surface area contributed by atoms with Crippen molar-refractivity contribution in [3.63, 3.8) is 0 Å². The molecule has 2 aliphatic rings. The summed E-state index contributed by atoms with van der Waals surface area (Å²) in [5, 5.41) is 0. The van der Waals surface area contributed by atoms with Crippen LogP contribution in [-0.2, 0) is 14.3 Å². The zero-order valence-corrected chi connectivity index (χ0v) is 6.63. The molecule has 1 spiro atoms. The molecule has 0 aromatic carbocycles. The van der Waals surface area contributed by atoms with E-state index < -0.39 is 0 Å². The van der Waals surface area contributed by atoms with Crippen molar-refractivity contribution in [3.05, 3.63) is 0 Å². The third-order valence-corrected chi connectivity index (χ3v) is 2.47. The smallest absolute Gasteiger partial charge is 0.338 e. The molecule has 0 amide bonds. The maximum Gasteiger partial charge on any atom is 0.338 e. The first kappa shape index (κ1) is 7.10. The second-order valence-electron chi connectivity index (χ2n) is 3.17. The van der Waals surface area contributed by atoms with Crippen LogP contribution in [0.1, 0.15) is 26.2 Å². The van der Waals surface area contributed by atoms with Gasteiger partial charge in [0, 0.05) is 0 Å². The Bertz CT molecular complexity index is 184. The van der Waals surface area contributed by atoms with E-state index in [0.29, 0.717) is 6.61 Å². The van der Waals surface area contributed by atoms with Crippen LogP contribution in [0.15, 0.2) is 0 Å². The number of hydrogen-bond acceptors (Lipinski definition) is 3. The highest BCUT2D eigenvalue weighted by Crippen LogP contribution is 2.52. The van der Waals surface area contributed by atoms with Crippen molar-refractivity contribution in [3.8, 4) is 0 Å². The number of rotatable bonds is 2. The van der Waals surface area contributed by atoms with E-state index in [1.807, 2.05) is 6.92 Å². The van der Waals surface area contributed by atoms with Gasteiger partial charge in [0.25, 0.3) is 0 Å². The summed E-state index contributed by atoms with van der Waals surface area (Å²) < 4.78 is 10.1. The summed E-state index contributed by atoms with van der Waals surface area (Å²) in [5.41, 5.74) is -0.0632. The molecule has 0 radical (unpaired) electrons. The van der Waals surface area contributed by atoms with Gasteiger partial charge in [-0.15, -0.1) is 0 Å². The van der Waals surface area contributed by atoms with Crippen molar-refractivity contribution >= 4 is 5.97 Å². The molecule has 1 saturated heterocycles. The second-order valence-corrected chi connectivity index (χ2v) is 3.17. The molecule has 3 heteroatoms. The number of esters is 1. The van der Waals surface area contributed by atoms with Crippen LogP contribution in [-0.4, -0.2) is 24.3 Å². The normalized spacial score (nSPS) is 31.2. The van der Waals surface area contributed by atoms with Crippen molar-refractivity contribution in [1.82, 2.24) is 0 Å². The molecule has 1 aliphatic carbocycles. The fraction of sp³-hybridized carbons (Fsp3) is 0.875. The fourth-order valence-electron chi connectivity index (χ4n) is 1.59. The van der Waals surface area contributed by atoms with Crippen molar-refractivity contribution in [2.24, 2.45) is 0 Å². The Kier molecular flexibility index (Phi) is 1.42. The Labute approximate surface area is 65.7 Å². The monoisotopic (exact) mass is 156 g/mol. The van der Waals surface area contributed by atoms with E-state index in [0.717, 1.165) is 12.8 Å². The summed E-state index contributed by atoms with van der Waals surface area (Å²) >= 11 is 0. The molecule has 2 fully saturated rings. The highest BCUT2D eigenvalue weighted by molar-refractivity contribution is 5.79. The average molecular weight is 156 g/mol. The highest BCUT2D eigenvalue weighted by Gasteiger charge is 2.64. The Balaban J connectivity index is 1.85. The minimum atomic E-state index is -0.226. The lowest BCUT2D eigenvalue weighted by molar-refractivity contribution is -0.144. The van der Waals surface area contributed by atoms with Gasteiger partial charge >= 0.3 is 5.97 Å². The van der Waals surface area contributed by atoms with Crippen LogP contribution in [0.5, 0.6) is 0 Å². The van der Waals surface area contributed by atoms with Crippen LogP contribution in [0.2, 0.25) is 0 Å².